The molecule has 0 aliphatic carbocycles. The number of aliphatic carboxylic acids is 1. The van der Waals surface area contributed by atoms with Crippen molar-refractivity contribution >= 4 is 26.0 Å². The van der Waals surface area contributed by atoms with Crippen molar-refractivity contribution in [2.24, 2.45) is 0 Å². The highest BCUT2D eigenvalue weighted by Crippen LogP contribution is 2.01. The number of carboxylic acid groups (broad SMARTS) is 1. The van der Waals surface area contributed by atoms with Gasteiger partial charge in [0.1, 0.15) is 0 Å². The summed E-state index contributed by atoms with van der Waals surface area (Å²) < 4.78 is 48.3. The van der Waals surface area contributed by atoms with E-state index in [9.17, 15) is 21.6 Å². The van der Waals surface area contributed by atoms with Crippen LogP contribution in [-0.2, 0) is 24.8 Å². The summed E-state index contributed by atoms with van der Waals surface area (Å²) in [6.07, 6.45) is 5.82. The molecule has 0 aromatic rings. The number of rotatable bonds is 9. The van der Waals surface area contributed by atoms with Crippen LogP contribution in [0.15, 0.2) is 23.8 Å². The van der Waals surface area contributed by atoms with Crippen LogP contribution >= 0.6 is 0 Å². The normalized spacial score (nSPS) is 13.8. The molecule has 0 rings (SSSR count). The first-order chi connectivity index (χ1) is 8.99. The van der Waals surface area contributed by atoms with E-state index in [-0.39, 0.29) is 19.5 Å². The SMILES string of the molecule is CS(=O)(=O)NCC/C(=C\C=C\C(=O)O)CNS(C)(=O)=O. The summed E-state index contributed by atoms with van der Waals surface area (Å²) in [4.78, 5) is 10.3. The third-order valence-corrected chi connectivity index (χ3v) is 3.34. The Morgan fingerprint density at radius 2 is 1.65 bits per heavy atom. The Morgan fingerprint density at radius 3 is 2.10 bits per heavy atom. The highest BCUT2D eigenvalue weighted by Gasteiger charge is 2.05. The zero-order chi connectivity index (χ0) is 15.8. The van der Waals surface area contributed by atoms with Crippen molar-refractivity contribution in [2.75, 3.05) is 25.6 Å². The minimum atomic E-state index is -3.38. The summed E-state index contributed by atoms with van der Waals surface area (Å²) in [6, 6.07) is 0. The molecule has 3 N–H and O–H groups in total. The van der Waals surface area contributed by atoms with Crippen LogP contribution in [0.1, 0.15) is 6.42 Å². The van der Waals surface area contributed by atoms with E-state index in [1.165, 1.54) is 12.2 Å². The summed E-state index contributed by atoms with van der Waals surface area (Å²) in [5.41, 5.74) is 0.545. The Kier molecular flexibility index (Phi) is 7.64. The fraction of sp³-hybridized carbons (Fsp3) is 0.500. The van der Waals surface area contributed by atoms with Gasteiger partial charge in [-0.15, -0.1) is 0 Å². The fourth-order valence-corrected chi connectivity index (χ4v) is 2.04. The van der Waals surface area contributed by atoms with Gasteiger partial charge in [-0.2, -0.15) is 0 Å². The van der Waals surface area contributed by atoms with Gasteiger partial charge in [-0.3, -0.25) is 0 Å². The average molecular weight is 326 g/mol. The second-order valence-electron chi connectivity index (χ2n) is 4.03. The summed E-state index contributed by atoms with van der Waals surface area (Å²) in [6.45, 7) is 0.0747. The molecule has 0 aromatic heterocycles. The van der Waals surface area contributed by atoms with Gasteiger partial charge >= 0.3 is 5.97 Å². The van der Waals surface area contributed by atoms with E-state index in [2.05, 4.69) is 9.44 Å². The maximum absolute atomic E-state index is 11.0. The zero-order valence-electron chi connectivity index (χ0n) is 11.2. The van der Waals surface area contributed by atoms with Crippen molar-refractivity contribution in [3.63, 3.8) is 0 Å². The lowest BCUT2D eigenvalue weighted by atomic mass is 10.2. The van der Waals surface area contributed by atoms with Gasteiger partial charge in [0.2, 0.25) is 20.0 Å². The first-order valence-electron chi connectivity index (χ1n) is 5.48. The molecule has 0 aromatic carbocycles. The quantitative estimate of drug-likeness (QED) is 0.370. The molecule has 8 nitrogen and oxygen atoms in total. The number of allylic oxidation sites excluding steroid dienone is 2. The molecule has 0 radical (unpaired) electrons. The minimum Gasteiger partial charge on any atom is -0.478 e. The summed E-state index contributed by atoms with van der Waals surface area (Å²) >= 11 is 0. The van der Waals surface area contributed by atoms with Gasteiger partial charge in [-0.1, -0.05) is 17.7 Å². The standard InChI is InChI=1S/C10H18N2O6S2/c1-19(15,16)11-7-6-9(4-3-5-10(13)14)8-12-20(2,17)18/h3-5,11-12H,6-8H2,1-2H3,(H,13,14)/b5-3+,9-4+. The lowest BCUT2D eigenvalue weighted by Gasteiger charge is -2.08. The number of hydrogen-bond donors (Lipinski definition) is 3. The topological polar surface area (TPSA) is 130 Å². The predicted molar refractivity (Wildman–Crippen MR) is 75.2 cm³/mol. The van der Waals surface area contributed by atoms with Crippen molar-refractivity contribution in [1.82, 2.24) is 9.44 Å². The van der Waals surface area contributed by atoms with Crippen LogP contribution in [0, 0.1) is 0 Å². The maximum atomic E-state index is 11.0. The molecule has 20 heavy (non-hydrogen) atoms. The number of carboxylic acids is 1. The summed E-state index contributed by atoms with van der Waals surface area (Å²) in [7, 11) is -6.71. The number of nitrogens with one attached hydrogen (secondary N) is 2. The molecular formula is C10H18N2O6S2. The van der Waals surface area contributed by atoms with Gasteiger partial charge in [0.25, 0.3) is 0 Å². The third-order valence-electron chi connectivity index (χ3n) is 1.94. The van der Waals surface area contributed by atoms with Crippen molar-refractivity contribution in [1.29, 1.82) is 0 Å². The van der Waals surface area contributed by atoms with Crippen molar-refractivity contribution in [3.05, 3.63) is 23.8 Å². The monoisotopic (exact) mass is 326 g/mol. The van der Waals surface area contributed by atoms with E-state index < -0.39 is 26.0 Å². The second-order valence-corrected chi connectivity index (χ2v) is 7.70. The van der Waals surface area contributed by atoms with Crippen molar-refractivity contribution in [2.45, 2.75) is 6.42 Å². The van der Waals surface area contributed by atoms with Crippen LogP contribution in [0.25, 0.3) is 0 Å². The Labute approximate surface area is 118 Å². The molecule has 0 aliphatic rings. The zero-order valence-corrected chi connectivity index (χ0v) is 12.8. The van der Waals surface area contributed by atoms with E-state index in [4.69, 9.17) is 5.11 Å². The fourth-order valence-electron chi connectivity index (χ4n) is 1.12. The minimum absolute atomic E-state index is 0.0196. The van der Waals surface area contributed by atoms with Crippen LogP contribution in [0.3, 0.4) is 0 Å². The highest BCUT2D eigenvalue weighted by atomic mass is 32.2. The predicted octanol–water partition coefficient (Wildman–Crippen LogP) is -0.958. The molecule has 0 spiro atoms. The Morgan fingerprint density at radius 1 is 1.10 bits per heavy atom. The molecule has 0 fully saturated rings. The van der Waals surface area contributed by atoms with Crippen LogP contribution in [-0.4, -0.2) is 53.5 Å². The molecular weight excluding hydrogens is 308 g/mol. The molecule has 116 valence electrons. The van der Waals surface area contributed by atoms with Gasteiger partial charge in [0.15, 0.2) is 0 Å². The lowest BCUT2D eigenvalue weighted by molar-refractivity contribution is -0.131. The molecule has 0 unspecified atom stereocenters. The van der Waals surface area contributed by atoms with E-state index in [0.29, 0.717) is 5.57 Å². The highest BCUT2D eigenvalue weighted by molar-refractivity contribution is 7.89. The number of carbonyl (C=O) groups is 1. The van der Waals surface area contributed by atoms with Gasteiger partial charge in [-0.05, 0) is 6.42 Å². The molecule has 10 heteroatoms. The molecule has 0 amide bonds. The smallest absolute Gasteiger partial charge is 0.328 e. The van der Waals surface area contributed by atoms with Crippen molar-refractivity contribution in [3.8, 4) is 0 Å². The summed E-state index contributed by atoms with van der Waals surface area (Å²) in [5.74, 6) is -1.13. The van der Waals surface area contributed by atoms with Crippen molar-refractivity contribution < 1.29 is 26.7 Å². The number of hydrogen-bond acceptors (Lipinski definition) is 5. The van der Waals surface area contributed by atoms with Crippen LogP contribution in [0.5, 0.6) is 0 Å². The van der Waals surface area contributed by atoms with Crippen LogP contribution < -0.4 is 9.44 Å². The van der Waals surface area contributed by atoms with E-state index in [1.54, 1.807) is 0 Å². The molecule has 0 bridgehead atoms. The largest absolute Gasteiger partial charge is 0.478 e. The van der Waals surface area contributed by atoms with Crippen LogP contribution in [0.2, 0.25) is 0 Å². The Bertz CT molecular complexity index is 589. The maximum Gasteiger partial charge on any atom is 0.328 e. The molecule has 0 atom stereocenters. The van der Waals surface area contributed by atoms with Gasteiger partial charge in [0.05, 0.1) is 12.5 Å². The van der Waals surface area contributed by atoms with Gasteiger partial charge < -0.3 is 5.11 Å². The van der Waals surface area contributed by atoms with E-state index in [0.717, 1.165) is 18.6 Å². The van der Waals surface area contributed by atoms with Crippen LogP contribution in [0.4, 0.5) is 0 Å². The summed E-state index contributed by atoms with van der Waals surface area (Å²) in [5, 5.41) is 8.45. The Balaban J connectivity index is 4.66. The van der Waals surface area contributed by atoms with E-state index >= 15 is 0 Å². The van der Waals surface area contributed by atoms with E-state index in [1.807, 2.05) is 0 Å². The molecule has 0 saturated heterocycles. The van der Waals surface area contributed by atoms with Gasteiger partial charge in [-0.25, -0.2) is 31.1 Å². The molecule has 0 heterocycles. The average Bonchev–Trinajstić information content (AvgIpc) is 2.21. The Hall–Kier alpha value is -1.23. The first kappa shape index (κ1) is 18.8. The molecule has 0 aliphatic heterocycles. The first-order valence-corrected chi connectivity index (χ1v) is 9.26. The second kappa shape index (κ2) is 8.15. The lowest BCUT2D eigenvalue weighted by Crippen LogP contribution is -2.27. The third kappa shape index (κ3) is 13.2. The van der Waals surface area contributed by atoms with Gasteiger partial charge in [0, 0.05) is 19.2 Å². The molecule has 0 saturated carbocycles. The number of sulfonamides is 2.